The van der Waals surface area contributed by atoms with Gasteiger partial charge in [-0.2, -0.15) is 0 Å². The molecule has 22 heavy (non-hydrogen) atoms. The summed E-state index contributed by atoms with van der Waals surface area (Å²) in [6, 6.07) is 6.78. The first-order chi connectivity index (χ1) is 10.3. The third-order valence-corrected chi connectivity index (χ3v) is 4.88. The fourth-order valence-electron chi connectivity index (χ4n) is 1.84. The molecule has 0 amide bonds. The Labute approximate surface area is 132 Å². The van der Waals surface area contributed by atoms with Crippen LogP contribution < -0.4 is 11.1 Å². The highest BCUT2D eigenvalue weighted by Crippen LogP contribution is 2.19. The summed E-state index contributed by atoms with van der Waals surface area (Å²) >= 11 is 0. The van der Waals surface area contributed by atoms with Crippen molar-refractivity contribution >= 4 is 16.0 Å². The van der Waals surface area contributed by atoms with E-state index in [1.165, 1.54) is 18.4 Å². The first-order valence-electron chi connectivity index (χ1n) is 6.85. The summed E-state index contributed by atoms with van der Waals surface area (Å²) in [5, 5.41) is 2.97. The van der Waals surface area contributed by atoms with Crippen molar-refractivity contribution < 1.29 is 13.2 Å². The molecule has 1 unspecified atom stereocenters. The molecule has 7 nitrogen and oxygen atoms in total. The Kier molecular flexibility index (Phi) is 6.79. The summed E-state index contributed by atoms with van der Waals surface area (Å²) in [5.74, 6) is 0.251. The number of nitrogens with two attached hydrogens (primary N) is 1. The standard InChI is InChI=1S/C14H24N4O3S/c1-11(10-21-4)17-14(15)16-9-12-7-5-6-8-13(12)22(19,20)18(2)3/h5-8,11H,9-10H2,1-4H3,(H3,15,16,17). The molecule has 0 bridgehead atoms. The molecule has 8 heteroatoms. The molecular weight excluding hydrogens is 304 g/mol. The molecule has 0 fully saturated rings. The number of nitrogens with zero attached hydrogens (tertiary/aromatic N) is 2. The fourth-order valence-corrected chi connectivity index (χ4v) is 2.95. The smallest absolute Gasteiger partial charge is 0.242 e. The summed E-state index contributed by atoms with van der Waals surface area (Å²) in [4.78, 5) is 4.43. The van der Waals surface area contributed by atoms with Gasteiger partial charge in [0.15, 0.2) is 5.96 Å². The van der Waals surface area contributed by atoms with Gasteiger partial charge in [0.1, 0.15) is 0 Å². The van der Waals surface area contributed by atoms with Crippen molar-refractivity contribution in [1.82, 2.24) is 9.62 Å². The highest BCUT2D eigenvalue weighted by molar-refractivity contribution is 7.89. The molecule has 1 atom stereocenters. The largest absolute Gasteiger partial charge is 0.383 e. The number of rotatable bonds is 7. The predicted molar refractivity (Wildman–Crippen MR) is 87.1 cm³/mol. The molecule has 0 aliphatic rings. The molecule has 0 saturated heterocycles. The number of guanidine groups is 1. The van der Waals surface area contributed by atoms with Gasteiger partial charge in [0.2, 0.25) is 10.0 Å². The number of aliphatic imine (C=N–C) groups is 1. The monoisotopic (exact) mass is 328 g/mol. The molecule has 0 radical (unpaired) electrons. The van der Waals surface area contributed by atoms with Crippen LogP contribution in [0.5, 0.6) is 0 Å². The van der Waals surface area contributed by atoms with Crippen molar-refractivity contribution in [3.8, 4) is 0 Å². The van der Waals surface area contributed by atoms with Gasteiger partial charge in [-0.05, 0) is 18.6 Å². The van der Waals surface area contributed by atoms with E-state index in [-0.39, 0.29) is 23.4 Å². The van der Waals surface area contributed by atoms with Crippen LogP contribution in [0, 0.1) is 0 Å². The normalized spacial score (nSPS) is 14.1. The Morgan fingerprint density at radius 3 is 2.64 bits per heavy atom. The molecular formula is C14H24N4O3S. The SMILES string of the molecule is COCC(C)NC(N)=NCc1ccccc1S(=O)(=O)N(C)C. The van der Waals surface area contributed by atoms with Gasteiger partial charge in [-0.3, -0.25) is 0 Å². The lowest BCUT2D eigenvalue weighted by molar-refractivity contribution is 0.179. The average Bonchev–Trinajstić information content (AvgIpc) is 2.45. The van der Waals surface area contributed by atoms with Gasteiger partial charge in [-0.15, -0.1) is 0 Å². The second-order valence-corrected chi connectivity index (χ2v) is 7.22. The van der Waals surface area contributed by atoms with Gasteiger partial charge >= 0.3 is 0 Å². The third-order valence-electron chi connectivity index (χ3n) is 2.96. The summed E-state index contributed by atoms with van der Waals surface area (Å²) in [7, 11) is 1.10. The summed E-state index contributed by atoms with van der Waals surface area (Å²) < 4.78 is 30.7. The Morgan fingerprint density at radius 2 is 2.05 bits per heavy atom. The molecule has 0 spiro atoms. The topological polar surface area (TPSA) is 97.0 Å². The van der Waals surface area contributed by atoms with Gasteiger partial charge < -0.3 is 15.8 Å². The minimum Gasteiger partial charge on any atom is -0.383 e. The van der Waals surface area contributed by atoms with Gasteiger partial charge in [0, 0.05) is 27.2 Å². The number of hydrogen-bond acceptors (Lipinski definition) is 4. The highest BCUT2D eigenvalue weighted by Gasteiger charge is 2.20. The van der Waals surface area contributed by atoms with Crippen LogP contribution in [0.2, 0.25) is 0 Å². The van der Waals surface area contributed by atoms with Crippen molar-refractivity contribution in [2.45, 2.75) is 24.4 Å². The van der Waals surface area contributed by atoms with Crippen LogP contribution in [-0.4, -0.2) is 52.5 Å². The zero-order valence-electron chi connectivity index (χ0n) is 13.4. The zero-order valence-corrected chi connectivity index (χ0v) is 14.2. The van der Waals surface area contributed by atoms with Crippen molar-refractivity contribution in [1.29, 1.82) is 0 Å². The van der Waals surface area contributed by atoms with E-state index in [1.54, 1.807) is 31.4 Å². The maximum absolute atomic E-state index is 12.3. The predicted octanol–water partition coefficient (Wildman–Crippen LogP) is 0.376. The quantitative estimate of drug-likeness (QED) is 0.557. The lowest BCUT2D eigenvalue weighted by atomic mass is 10.2. The molecule has 1 rings (SSSR count). The summed E-state index contributed by atoms with van der Waals surface area (Å²) in [6.45, 7) is 2.60. The Morgan fingerprint density at radius 1 is 1.41 bits per heavy atom. The van der Waals surface area contributed by atoms with E-state index >= 15 is 0 Å². The Bertz CT molecular complexity index is 614. The third kappa shape index (κ3) is 4.97. The second kappa shape index (κ2) is 8.11. The van der Waals surface area contributed by atoms with Gasteiger partial charge in [-0.25, -0.2) is 17.7 Å². The van der Waals surface area contributed by atoms with Crippen molar-refractivity contribution in [3.05, 3.63) is 29.8 Å². The first kappa shape index (κ1) is 18.4. The van der Waals surface area contributed by atoms with E-state index in [0.29, 0.717) is 12.2 Å². The maximum Gasteiger partial charge on any atom is 0.242 e. The number of hydrogen-bond donors (Lipinski definition) is 2. The molecule has 3 N–H and O–H groups in total. The van der Waals surface area contributed by atoms with E-state index in [0.717, 1.165) is 0 Å². The number of nitrogens with one attached hydrogen (secondary N) is 1. The zero-order chi connectivity index (χ0) is 16.8. The number of ether oxygens (including phenoxy) is 1. The van der Waals surface area contributed by atoms with Crippen molar-refractivity contribution in [2.75, 3.05) is 27.8 Å². The first-order valence-corrected chi connectivity index (χ1v) is 8.29. The molecule has 124 valence electrons. The maximum atomic E-state index is 12.3. The van der Waals surface area contributed by atoms with E-state index in [4.69, 9.17) is 10.5 Å². The Balaban J connectivity index is 2.92. The minimum atomic E-state index is -3.50. The van der Waals surface area contributed by atoms with Crippen LogP contribution in [0.4, 0.5) is 0 Å². The molecule has 0 saturated carbocycles. The molecule has 0 heterocycles. The van der Waals surface area contributed by atoms with E-state index in [2.05, 4.69) is 10.3 Å². The van der Waals surface area contributed by atoms with Crippen LogP contribution in [0.25, 0.3) is 0 Å². The van der Waals surface area contributed by atoms with Crippen LogP contribution in [0.15, 0.2) is 34.2 Å². The van der Waals surface area contributed by atoms with Gasteiger partial charge in [0.05, 0.1) is 18.0 Å². The lowest BCUT2D eigenvalue weighted by Gasteiger charge is -2.15. The average molecular weight is 328 g/mol. The van der Waals surface area contributed by atoms with E-state index in [1.807, 2.05) is 6.92 Å². The summed E-state index contributed by atoms with van der Waals surface area (Å²) in [5.41, 5.74) is 6.39. The summed E-state index contributed by atoms with van der Waals surface area (Å²) in [6.07, 6.45) is 0. The number of methoxy groups -OCH3 is 1. The van der Waals surface area contributed by atoms with Gasteiger partial charge in [0.25, 0.3) is 0 Å². The van der Waals surface area contributed by atoms with Crippen LogP contribution in [0.1, 0.15) is 12.5 Å². The molecule has 0 aliphatic carbocycles. The Hall–Kier alpha value is -1.64. The van der Waals surface area contributed by atoms with Crippen LogP contribution in [-0.2, 0) is 21.3 Å². The van der Waals surface area contributed by atoms with Crippen LogP contribution in [0.3, 0.4) is 0 Å². The van der Waals surface area contributed by atoms with Gasteiger partial charge in [-0.1, -0.05) is 18.2 Å². The van der Waals surface area contributed by atoms with Crippen molar-refractivity contribution in [2.24, 2.45) is 10.7 Å². The minimum absolute atomic E-state index is 0.0227. The van der Waals surface area contributed by atoms with E-state index in [9.17, 15) is 8.42 Å². The second-order valence-electron chi connectivity index (χ2n) is 5.10. The lowest BCUT2D eigenvalue weighted by Crippen LogP contribution is -2.40. The number of sulfonamides is 1. The number of benzene rings is 1. The van der Waals surface area contributed by atoms with Crippen LogP contribution >= 0.6 is 0 Å². The molecule has 1 aromatic rings. The van der Waals surface area contributed by atoms with Crippen molar-refractivity contribution in [3.63, 3.8) is 0 Å². The molecule has 0 aliphatic heterocycles. The molecule has 0 aromatic heterocycles. The van der Waals surface area contributed by atoms with E-state index < -0.39 is 10.0 Å². The fraction of sp³-hybridized carbons (Fsp3) is 0.500. The highest BCUT2D eigenvalue weighted by atomic mass is 32.2. The molecule has 1 aromatic carbocycles.